The van der Waals surface area contributed by atoms with Crippen LogP contribution >= 0.6 is 11.3 Å². The zero-order chi connectivity index (χ0) is 22.9. The number of esters is 2. The molecule has 1 saturated heterocycles. The smallest absolute Gasteiger partial charge is 0.409 e. The highest BCUT2D eigenvalue weighted by Crippen LogP contribution is 2.36. The van der Waals surface area contributed by atoms with Crippen molar-refractivity contribution in [2.24, 2.45) is 0 Å². The zero-order valence-electron chi connectivity index (χ0n) is 17.1. The molecule has 0 bridgehead atoms. The standard InChI is InChI=1S/C17H21N5O8S/c1-7(23)27-6-9-11(28-8(2)24)12(30-16(25)21(3)4)14(29-9)22-13-10(31-17(22)26)5-19-15(18)20-13/h5,9,11-12,14H,6H2,1-4H3,(H2,18,19,20)/t9-,11-,12-,14-/m1/s1. The molecule has 0 aliphatic carbocycles. The number of thiazole rings is 1. The van der Waals surface area contributed by atoms with Crippen molar-refractivity contribution in [3.8, 4) is 0 Å². The van der Waals surface area contributed by atoms with Crippen LogP contribution in [0.25, 0.3) is 10.3 Å². The molecular weight excluding hydrogens is 434 g/mol. The van der Waals surface area contributed by atoms with Gasteiger partial charge in [-0.15, -0.1) is 0 Å². The van der Waals surface area contributed by atoms with Gasteiger partial charge in [0.1, 0.15) is 12.7 Å². The molecular formula is C17H21N5O8S. The van der Waals surface area contributed by atoms with Gasteiger partial charge in [-0.3, -0.25) is 19.0 Å². The molecule has 14 heteroatoms. The first-order valence-electron chi connectivity index (χ1n) is 9.06. The Morgan fingerprint density at radius 2 is 1.94 bits per heavy atom. The van der Waals surface area contributed by atoms with Gasteiger partial charge in [0, 0.05) is 27.9 Å². The van der Waals surface area contributed by atoms with Crippen LogP contribution < -0.4 is 10.6 Å². The van der Waals surface area contributed by atoms with Crippen molar-refractivity contribution >= 4 is 45.7 Å². The maximum absolute atomic E-state index is 12.8. The van der Waals surface area contributed by atoms with E-state index in [1.165, 1.54) is 34.1 Å². The van der Waals surface area contributed by atoms with E-state index < -0.39 is 47.4 Å². The van der Waals surface area contributed by atoms with Gasteiger partial charge in [-0.25, -0.2) is 9.78 Å². The number of nitrogens with two attached hydrogens (primary N) is 1. The summed E-state index contributed by atoms with van der Waals surface area (Å²) in [7, 11) is 2.93. The van der Waals surface area contributed by atoms with Crippen molar-refractivity contribution < 1.29 is 33.3 Å². The van der Waals surface area contributed by atoms with Crippen molar-refractivity contribution in [1.29, 1.82) is 0 Å². The fourth-order valence-electron chi connectivity index (χ4n) is 3.00. The molecule has 0 aromatic carbocycles. The van der Waals surface area contributed by atoms with E-state index >= 15 is 0 Å². The minimum Gasteiger partial charge on any atom is -0.463 e. The summed E-state index contributed by atoms with van der Waals surface area (Å²) < 4.78 is 23.3. The van der Waals surface area contributed by atoms with E-state index in [0.29, 0.717) is 4.70 Å². The summed E-state index contributed by atoms with van der Waals surface area (Å²) in [5, 5.41) is 0. The topological polar surface area (TPSA) is 165 Å². The molecule has 13 nitrogen and oxygen atoms in total. The van der Waals surface area contributed by atoms with E-state index in [0.717, 1.165) is 20.8 Å². The summed E-state index contributed by atoms with van der Waals surface area (Å²) in [5.74, 6) is -1.34. The van der Waals surface area contributed by atoms with Crippen molar-refractivity contribution in [2.45, 2.75) is 38.4 Å². The minimum absolute atomic E-state index is 0.0770. The van der Waals surface area contributed by atoms with E-state index in [4.69, 9.17) is 24.7 Å². The Balaban J connectivity index is 2.09. The number of aromatic nitrogens is 3. The molecule has 168 valence electrons. The number of carbonyl (C=O) groups excluding carboxylic acids is 3. The van der Waals surface area contributed by atoms with Crippen LogP contribution in [-0.2, 0) is 28.5 Å². The maximum Gasteiger partial charge on any atom is 0.409 e. The maximum atomic E-state index is 12.8. The molecule has 0 radical (unpaired) electrons. The molecule has 4 atom stereocenters. The quantitative estimate of drug-likeness (QED) is 0.472. The summed E-state index contributed by atoms with van der Waals surface area (Å²) in [5.41, 5.74) is 5.82. The number of nitrogens with zero attached hydrogens (tertiary/aromatic N) is 4. The van der Waals surface area contributed by atoms with E-state index in [9.17, 15) is 19.2 Å². The third-order valence-electron chi connectivity index (χ3n) is 4.27. The van der Waals surface area contributed by atoms with Crippen LogP contribution in [0.3, 0.4) is 0 Å². The van der Waals surface area contributed by atoms with Gasteiger partial charge in [0.25, 0.3) is 0 Å². The molecule has 1 aliphatic heterocycles. The van der Waals surface area contributed by atoms with E-state index in [-0.39, 0.29) is 18.2 Å². The summed E-state index contributed by atoms with van der Waals surface area (Å²) in [6, 6.07) is 0. The van der Waals surface area contributed by atoms with Gasteiger partial charge in [-0.05, 0) is 0 Å². The predicted molar refractivity (Wildman–Crippen MR) is 106 cm³/mol. The first kappa shape index (κ1) is 22.4. The van der Waals surface area contributed by atoms with E-state index in [2.05, 4.69) is 9.97 Å². The first-order valence-corrected chi connectivity index (χ1v) is 9.87. The molecule has 0 unspecified atom stereocenters. The molecule has 3 rings (SSSR count). The molecule has 1 fully saturated rings. The molecule has 1 aliphatic rings. The number of amides is 1. The zero-order valence-corrected chi connectivity index (χ0v) is 18.0. The van der Waals surface area contributed by atoms with Gasteiger partial charge >= 0.3 is 22.9 Å². The van der Waals surface area contributed by atoms with Crippen molar-refractivity contribution in [3.05, 3.63) is 15.9 Å². The number of hydrogen-bond donors (Lipinski definition) is 1. The third-order valence-corrected chi connectivity index (χ3v) is 5.15. The molecule has 3 heterocycles. The Kier molecular flexibility index (Phi) is 6.40. The number of rotatable bonds is 5. The molecule has 31 heavy (non-hydrogen) atoms. The lowest BCUT2D eigenvalue weighted by Crippen LogP contribution is -2.43. The van der Waals surface area contributed by atoms with Gasteiger partial charge < -0.3 is 29.6 Å². The highest BCUT2D eigenvalue weighted by molar-refractivity contribution is 7.16. The van der Waals surface area contributed by atoms with Gasteiger partial charge in [0.2, 0.25) is 5.95 Å². The molecule has 2 N–H and O–H groups in total. The Morgan fingerprint density at radius 3 is 2.55 bits per heavy atom. The minimum atomic E-state index is -1.24. The number of fused-ring (bicyclic) bond motifs is 1. The molecule has 1 amide bonds. The van der Waals surface area contributed by atoms with Gasteiger partial charge in [-0.2, -0.15) is 4.98 Å². The SMILES string of the molecule is CC(=O)OC[C@H]1O[C@@H](n2c(=O)sc3cnc(N)nc32)[C@H](OC(=O)N(C)C)[C@@H]1OC(C)=O. The number of nitrogen functional groups attached to an aromatic ring is 1. The Labute approximate surface area is 179 Å². The van der Waals surface area contributed by atoms with E-state index in [1.54, 1.807) is 0 Å². The van der Waals surface area contributed by atoms with Gasteiger partial charge in [0.05, 0.1) is 10.9 Å². The highest BCUT2D eigenvalue weighted by atomic mass is 32.1. The monoisotopic (exact) mass is 455 g/mol. The Morgan fingerprint density at radius 1 is 1.23 bits per heavy atom. The summed E-state index contributed by atoms with van der Waals surface area (Å²) >= 11 is 0.839. The van der Waals surface area contributed by atoms with Gasteiger partial charge in [0.15, 0.2) is 24.1 Å². The third kappa shape index (κ3) is 4.74. The van der Waals surface area contributed by atoms with Crippen LogP contribution in [0.4, 0.5) is 10.7 Å². The van der Waals surface area contributed by atoms with Crippen molar-refractivity contribution in [3.63, 3.8) is 0 Å². The Bertz CT molecular complexity index is 1070. The highest BCUT2D eigenvalue weighted by Gasteiger charge is 2.52. The van der Waals surface area contributed by atoms with E-state index in [1.807, 2.05) is 0 Å². The average Bonchev–Trinajstić information content (AvgIpc) is 3.16. The average molecular weight is 455 g/mol. The number of hydrogen-bond acceptors (Lipinski definition) is 12. The first-order chi connectivity index (χ1) is 14.6. The van der Waals surface area contributed by atoms with Crippen molar-refractivity contribution in [1.82, 2.24) is 19.4 Å². The second-order valence-corrected chi connectivity index (χ2v) is 7.83. The number of anilines is 1. The second-order valence-electron chi connectivity index (χ2n) is 6.84. The van der Waals surface area contributed by atoms with Crippen LogP contribution in [0.15, 0.2) is 11.0 Å². The summed E-state index contributed by atoms with van der Waals surface area (Å²) in [6.07, 6.45) is -4.03. The van der Waals surface area contributed by atoms with Crippen LogP contribution in [0, 0.1) is 0 Å². The largest absolute Gasteiger partial charge is 0.463 e. The molecule has 2 aromatic heterocycles. The summed E-state index contributed by atoms with van der Waals surface area (Å²) in [6.45, 7) is 2.07. The number of carbonyl (C=O) groups is 3. The fourth-order valence-corrected chi connectivity index (χ4v) is 3.82. The summed E-state index contributed by atoms with van der Waals surface area (Å²) in [4.78, 5) is 56.7. The fraction of sp³-hybridized carbons (Fsp3) is 0.529. The number of ether oxygens (including phenoxy) is 4. The predicted octanol–water partition coefficient (Wildman–Crippen LogP) is -0.106. The van der Waals surface area contributed by atoms with Crippen LogP contribution in [-0.4, -0.2) is 76.5 Å². The van der Waals surface area contributed by atoms with Crippen LogP contribution in [0.5, 0.6) is 0 Å². The lowest BCUT2D eigenvalue weighted by molar-refractivity contribution is -0.157. The normalized spacial score (nSPS) is 22.8. The van der Waals surface area contributed by atoms with Crippen LogP contribution in [0.1, 0.15) is 20.1 Å². The Hall–Kier alpha value is -3.26. The second kappa shape index (κ2) is 8.85. The lowest BCUT2D eigenvalue weighted by Gasteiger charge is -2.25. The molecule has 2 aromatic rings. The molecule has 0 spiro atoms. The lowest BCUT2D eigenvalue weighted by atomic mass is 10.1. The van der Waals surface area contributed by atoms with Crippen molar-refractivity contribution in [2.75, 3.05) is 26.4 Å². The van der Waals surface area contributed by atoms with Gasteiger partial charge in [-0.1, -0.05) is 11.3 Å². The molecule has 0 saturated carbocycles. The van der Waals surface area contributed by atoms with Crippen LogP contribution in [0.2, 0.25) is 0 Å².